The zero-order valence-corrected chi connectivity index (χ0v) is 11.9. The van der Waals surface area contributed by atoms with E-state index in [0.717, 1.165) is 5.56 Å². The van der Waals surface area contributed by atoms with Crippen molar-refractivity contribution in [1.82, 2.24) is 0 Å². The molecular weight excluding hydrogens is 225 g/mol. The lowest BCUT2D eigenvalue weighted by Gasteiger charge is -2.32. The summed E-state index contributed by atoms with van der Waals surface area (Å²) in [5.41, 5.74) is 7.87. The van der Waals surface area contributed by atoms with E-state index in [-0.39, 0.29) is 17.1 Å². The minimum absolute atomic E-state index is 0.257. The first-order valence-corrected chi connectivity index (χ1v) is 6.41. The fraction of sp³-hybridized carbons (Fsp3) is 0.571. The molecule has 1 aliphatic rings. The smallest absolute Gasteiger partial charge is 0.402 e. The Morgan fingerprint density at radius 2 is 1.56 bits per heavy atom. The molecule has 1 aliphatic heterocycles. The molecule has 4 heteroatoms. The Morgan fingerprint density at radius 3 is 2.06 bits per heavy atom. The highest BCUT2D eigenvalue weighted by atomic mass is 16.7. The molecule has 98 valence electrons. The topological polar surface area (TPSA) is 44.5 Å². The second-order valence-electron chi connectivity index (χ2n) is 6.01. The Kier molecular flexibility index (Phi) is 3.30. The summed E-state index contributed by atoms with van der Waals surface area (Å²) in [6.45, 7) is 10.2. The van der Waals surface area contributed by atoms with E-state index in [1.165, 1.54) is 5.56 Å². The molecule has 2 N–H and O–H groups in total. The van der Waals surface area contributed by atoms with Gasteiger partial charge in [-0.15, -0.1) is 0 Å². The van der Waals surface area contributed by atoms with Gasteiger partial charge in [0.25, 0.3) is 0 Å². The summed E-state index contributed by atoms with van der Waals surface area (Å²) in [4.78, 5) is 0. The number of rotatable bonds is 2. The van der Waals surface area contributed by atoms with Gasteiger partial charge in [-0.05, 0) is 45.7 Å². The molecule has 1 unspecified atom stereocenters. The van der Waals surface area contributed by atoms with Crippen LogP contribution in [0.3, 0.4) is 0 Å². The van der Waals surface area contributed by atoms with E-state index in [1.807, 2.05) is 45.9 Å². The first kappa shape index (κ1) is 13.6. The lowest BCUT2D eigenvalue weighted by atomic mass is 9.74. The van der Waals surface area contributed by atoms with Crippen LogP contribution in [0.1, 0.15) is 44.8 Å². The van der Waals surface area contributed by atoms with Crippen molar-refractivity contribution >= 4 is 7.12 Å². The molecule has 0 bridgehead atoms. The number of aryl methyl sites for hydroxylation is 1. The second kappa shape index (κ2) is 4.37. The molecule has 2 rings (SSSR count). The Balaban J connectivity index is 2.23. The monoisotopic (exact) mass is 247 g/mol. The highest BCUT2D eigenvalue weighted by Crippen LogP contribution is 2.39. The van der Waals surface area contributed by atoms with Crippen molar-refractivity contribution in [2.24, 2.45) is 5.73 Å². The molecule has 1 aromatic rings. The largest absolute Gasteiger partial charge is 0.480 e. The van der Waals surface area contributed by atoms with Gasteiger partial charge >= 0.3 is 7.12 Å². The number of benzene rings is 1. The lowest BCUT2D eigenvalue weighted by molar-refractivity contribution is 0.00578. The molecular formula is C14H22BNO2. The Hall–Kier alpha value is -0.835. The first-order valence-electron chi connectivity index (χ1n) is 6.41. The van der Waals surface area contributed by atoms with Crippen LogP contribution in [0.4, 0.5) is 0 Å². The van der Waals surface area contributed by atoms with Crippen LogP contribution in [-0.4, -0.2) is 18.3 Å². The van der Waals surface area contributed by atoms with Crippen LogP contribution >= 0.6 is 0 Å². The van der Waals surface area contributed by atoms with Crippen LogP contribution in [0.15, 0.2) is 24.3 Å². The van der Waals surface area contributed by atoms with Crippen molar-refractivity contribution in [2.75, 3.05) is 0 Å². The van der Waals surface area contributed by atoms with Gasteiger partial charge in [-0.2, -0.15) is 0 Å². The van der Waals surface area contributed by atoms with Gasteiger partial charge in [0, 0.05) is 0 Å². The minimum atomic E-state index is -0.393. The molecule has 0 spiro atoms. The predicted molar refractivity (Wildman–Crippen MR) is 74.2 cm³/mol. The van der Waals surface area contributed by atoms with Crippen LogP contribution in [0.2, 0.25) is 0 Å². The van der Waals surface area contributed by atoms with Crippen molar-refractivity contribution in [3.63, 3.8) is 0 Å². The summed E-state index contributed by atoms with van der Waals surface area (Å²) < 4.78 is 12.0. The number of hydrogen-bond acceptors (Lipinski definition) is 3. The Morgan fingerprint density at radius 1 is 1.06 bits per heavy atom. The minimum Gasteiger partial charge on any atom is -0.402 e. The standard InChI is InChI=1S/C14H22BNO2/c1-10-8-6-7-9-11(10)12(16)15-17-13(2,3)14(4,5)18-15/h6-9,12H,16H2,1-5H3. The summed E-state index contributed by atoms with van der Waals surface area (Å²) in [6, 6.07) is 8.09. The quantitative estimate of drug-likeness (QED) is 0.817. The molecule has 0 aromatic heterocycles. The lowest BCUT2D eigenvalue weighted by Crippen LogP contribution is -2.41. The zero-order chi connectivity index (χ0) is 13.6. The molecule has 3 nitrogen and oxygen atoms in total. The molecule has 0 aliphatic carbocycles. The fourth-order valence-corrected chi connectivity index (χ4v) is 2.14. The highest BCUT2D eigenvalue weighted by molar-refractivity contribution is 6.47. The zero-order valence-electron chi connectivity index (χ0n) is 11.9. The number of nitrogens with two attached hydrogens (primary N) is 1. The highest BCUT2D eigenvalue weighted by Gasteiger charge is 2.53. The molecule has 18 heavy (non-hydrogen) atoms. The normalized spacial score (nSPS) is 23.1. The molecule has 0 amide bonds. The maximum Gasteiger partial charge on any atom is 0.480 e. The van der Waals surface area contributed by atoms with Gasteiger partial charge in [0.15, 0.2) is 0 Å². The van der Waals surface area contributed by atoms with Crippen LogP contribution in [0.5, 0.6) is 0 Å². The van der Waals surface area contributed by atoms with Gasteiger partial charge in [-0.3, -0.25) is 0 Å². The molecule has 1 fully saturated rings. The van der Waals surface area contributed by atoms with E-state index in [2.05, 4.69) is 13.0 Å². The van der Waals surface area contributed by atoms with E-state index in [1.54, 1.807) is 0 Å². The molecule has 1 aromatic carbocycles. The van der Waals surface area contributed by atoms with Crippen LogP contribution in [-0.2, 0) is 9.31 Å². The third-order valence-corrected chi connectivity index (χ3v) is 4.11. The van der Waals surface area contributed by atoms with Gasteiger partial charge in [0.2, 0.25) is 0 Å². The summed E-state index contributed by atoms with van der Waals surface area (Å²) in [5.74, 6) is -0.257. The van der Waals surface area contributed by atoms with Crippen LogP contribution in [0, 0.1) is 6.92 Å². The summed E-state index contributed by atoms with van der Waals surface area (Å²) in [7, 11) is -0.393. The summed E-state index contributed by atoms with van der Waals surface area (Å²) in [6.07, 6.45) is 0. The predicted octanol–water partition coefficient (Wildman–Crippen LogP) is 2.63. The maximum atomic E-state index is 6.29. The van der Waals surface area contributed by atoms with Gasteiger partial charge in [0.05, 0.1) is 17.1 Å². The van der Waals surface area contributed by atoms with E-state index in [0.29, 0.717) is 0 Å². The second-order valence-corrected chi connectivity index (χ2v) is 6.01. The summed E-state index contributed by atoms with van der Waals surface area (Å²) >= 11 is 0. The van der Waals surface area contributed by atoms with E-state index in [9.17, 15) is 0 Å². The van der Waals surface area contributed by atoms with Gasteiger partial charge in [-0.25, -0.2) is 0 Å². The molecule has 0 saturated carbocycles. The maximum absolute atomic E-state index is 6.29. The molecule has 1 saturated heterocycles. The SMILES string of the molecule is Cc1ccccc1C(N)B1OC(C)(C)C(C)(C)O1. The Labute approximate surface area is 110 Å². The molecule has 0 radical (unpaired) electrons. The average Bonchev–Trinajstić information content (AvgIpc) is 2.48. The van der Waals surface area contributed by atoms with Crippen LogP contribution < -0.4 is 5.73 Å². The average molecular weight is 247 g/mol. The summed E-state index contributed by atoms with van der Waals surface area (Å²) in [5, 5.41) is 0. The van der Waals surface area contributed by atoms with Crippen molar-refractivity contribution < 1.29 is 9.31 Å². The third-order valence-electron chi connectivity index (χ3n) is 4.11. The van der Waals surface area contributed by atoms with Crippen molar-refractivity contribution in [1.29, 1.82) is 0 Å². The van der Waals surface area contributed by atoms with Crippen molar-refractivity contribution in [2.45, 2.75) is 51.8 Å². The van der Waals surface area contributed by atoms with E-state index in [4.69, 9.17) is 15.0 Å². The van der Waals surface area contributed by atoms with Crippen molar-refractivity contribution in [3.8, 4) is 0 Å². The third kappa shape index (κ3) is 2.20. The van der Waals surface area contributed by atoms with Gasteiger partial charge < -0.3 is 15.0 Å². The Bertz CT molecular complexity index is 429. The van der Waals surface area contributed by atoms with E-state index < -0.39 is 7.12 Å². The van der Waals surface area contributed by atoms with E-state index >= 15 is 0 Å². The first-order chi connectivity index (χ1) is 8.24. The molecule has 1 heterocycles. The number of hydrogen-bond donors (Lipinski definition) is 1. The molecule has 1 atom stereocenters. The van der Waals surface area contributed by atoms with Crippen molar-refractivity contribution in [3.05, 3.63) is 35.4 Å². The fourth-order valence-electron chi connectivity index (χ4n) is 2.14. The van der Waals surface area contributed by atoms with Gasteiger partial charge in [-0.1, -0.05) is 24.3 Å². The van der Waals surface area contributed by atoms with Gasteiger partial charge in [0.1, 0.15) is 0 Å². The van der Waals surface area contributed by atoms with Crippen LogP contribution in [0.25, 0.3) is 0 Å².